The summed E-state index contributed by atoms with van der Waals surface area (Å²) >= 11 is 1.95. The number of hydrogen-bond acceptors (Lipinski definition) is 4. The van der Waals surface area contributed by atoms with Crippen LogP contribution >= 0.6 is 11.8 Å². The number of nitrogens with zero attached hydrogens (tertiary/aromatic N) is 2. The average Bonchev–Trinajstić information content (AvgIpc) is 2.35. The fourth-order valence-electron chi connectivity index (χ4n) is 2.04. The molecule has 1 rings (SSSR count). The Morgan fingerprint density at radius 2 is 2.11 bits per heavy atom. The Kier molecular flexibility index (Phi) is 7.70. The van der Waals surface area contributed by atoms with E-state index in [9.17, 15) is 4.79 Å². The summed E-state index contributed by atoms with van der Waals surface area (Å²) in [4.78, 5) is 16.4. The van der Waals surface area contributed by atoms with E-state index in [0.29, 0.717) is 18.4 Å². The van der Waals surface area contributed by atoms with Gasteiger partial charge in [0.2, 0.25) is 5.91 Å². The molecule has 1 aliphatic heterocycles. The van der Waals surface area contributed by atoms with Gasteiger partial charge in [-0.1, -0.05) is 6.92 Å². The summed E-state index contributed by atoms with van der Waals surface area (Å²) in [6, 6.07) is 0.370. The average molecular weight is 273 g/mol. The number of likely N-dealkylation sites (N-methyl/N-ethyl adjacent to an activating group) is 1. The number of carbonyl (C=O) groups is 1. The van der Waals surface area contributed by atoms with Crippen molar-refractivity contribution in [1.29, 1.82) is 0 Å². The van der Waals surface area contributed by atoms with Crippen LogP contribution in [0.4, 0.5) is 0 Å². The van der Waals surface area contributed by atoms with Gasteiger partial charge in [-0.2, -0.15) is 11.8 Å². The largest absolute Gasteiger partial charge is 0.341 e. The van der Waals surface area contributed by atoms with E-state index >= 15 is 0 Å². The molecular formula is C13H27N3OS. The van der Waals surface area contributed by atoms with E-state index < -0.39 is 0 Å². The van der Waals surface area contributed by atoms with E-state index in [2.05, 4.69) is 17.1 Å². The van der Waals surface area contributed by atoms with Crippen molar-refractivity contribution < 1.29 is 4.79 Å². The van der Waals surface area contributed by atoms with Crippen LogP contribution in [0.25, 0.3) is 0 Å². The number of rotatable bonds is 7. The Morgan fingerprint density at radius 1 is 1.33 bits per heavy atom. The van der Waals surface area contributed by atoms with Gasteiger partial charge < -0.3 is 15.1 Å². The van der Waals surface area contributed by atoms with Crippen molar-refractivity contribution in [3.63, 3.8) is 0 Å². The number of thioether (sulfide) groups is 1. The highest BCUT2D eigenvalue weighted by Crippen LogP contribution is 2.11. The molecule has 1 N–H and O–H groups in total. The maximum atomic E-state index is 12.3. The molecule has 0 radical (unpaired) electrons. The molecular weight excluding hydrogens is 246 g/mol. The highest BCUT2D eigenvalue weighted by molar-refractivity contribution is 7.99. The van der Waals surface area contributed by atoms with Gasteiger partial charge in [-0.05, 0) is 20.5 Å². The van der Waals surface area contributed by atoms with Gasteiger partial charge in [-0.3, -0.25) is 4.79 Å². The predicted octanol–water partition coefficient (Wildman–Crippen LogP) is 0.882. The molecule has 0 spiro atoms. The Bertz CT molecular complexity index is 242. The van der Waals surface area contributed by atoms with Crippen LogP contribution in [0.15, 0.2) is 0 Å². The van der Waals surface area contributed by atoms with Gasteiger partial charge in [0.15, 0.2) is 0 Å². The molecule has 0 saturated carbocycles. The van der Waals surface area contributed by atoms with Crippen molar-refractivity contribution in [1.82, 2.24) is 15.1 Å². The first-order valence-corrected chi connectivity index (χ1v) is 8.02. The Hall–Kier alpha value is -0.260. The summed E-state index contributed by atoms with van der Waals surface area (Å²) in [6.07, 6.45) is 1.69. The fraction of sp³-hybridized carbons (Fsp3) is 0.923. The SMILES string of the molecule is CCCN(CCN(C)C)C(=O)CC1CSCCN1. The van der Waals surface area contributed by atoms with Crippen LogP contribution < -0.4 is 5.32 Å². The third-order valence-corrected chi connectivity index (χ3v) is 4.21. The molecule has 0 bridgehead atoms. The summed E-state index contributed by atoms with van der Waals surface area (Å²) in [5.74, 6) is 2.54. The Balaban J connectivity index is 2.37. The molecule has 1 heterocycles. The predicted molar refractivity (Wildman–Crippen MR) is 79.2 cm³/mol. The highest BCUT2D eigenvalue weighted by atomic mass is 32.2. The minimum Gasteiger partial charge on any atom is -0.341 e. The molecule has 1 aliphatic rings. The molecule has 18 heavy (non-hydrogen) atoms. The second kappa shape index (κ2) is 8.77. The molecule has 1 saturated heterocycles. The van der Waals surface area contributed by atoms with Crippen LogP contribution in [-0.2, 0) is 4.79 Å². The van der Waals surface area contributed by atoms with Gasteiger partial charge in [0.25, 0.3) is 0 Å². The van der Waals surface area contributed by atoms with Crippen LogP contribution in [-0.4, -0.2) is 73.5 Å². The molecule has 0 aromatic carbocycles. The van der Waals surface area contributed by atoms with E-state index in [1.807, 2.05) is 30.8 Å². The van der Waals surface area contributed by atoms with Crippen LogP contribution in [0, 0.1) is 0 Å². The second-order valence-electron chi connectivity index (χ2n) is 5.11. The molecule has 1 fully saturated rings. The summed E-state index contributed by atoms with van der Waals surface area (Å²) in [6.45, 7) is 5.84. The molecule has 1 unspecified atom stereocenters. The maximum Gasteiger partial charge on any atom is 0.224 e. The minimum atomic E-state index is 0.304. The van der Waals surface area contributed by atoms with Crippen LogP contribution in [0.5, 0.6) is 0 Å². The van der Waals surface area contributed by atoms with Crippen molar-refractivity contribution in [2.75, 3.05) is 51.8 Å². The number of carbonyl (C=O) groups excluding carboxylic acids is 1. The minimum absolute atomic E-state index is 0.304. The molecule has 106 valence electrons. The van der Waals surface area contributed by atoms with Crippen molar-refractivity contribution in [2.24, 2.45) is 0 Å². The summed E-state index contributed by atoms with van der Waals surface area (Å²) in [5.41, 5.74) is 0. The lowest BCUT2D eigenvalue weighted by Gasteiger charge is -2.28. The molecule has 1 atom stereocenters. The first-order chi connectivity index (χ1) is 8.63. The van der Waals surface area contributed by atoms with Crippen LogP contribution in [0.3, 0.4) is 0 Å². The Labute approximate surface area is 115 Å². The quantitative estimate of drug-likeness (QED) is 0.747. The van der Waals surface area contributed by atoms with Crippen LogP contribution in [0.1, 0.15) is 19.8 Å². The van der Waals surface area contributed by atoms with Crippen LogP contribution in [0.2, 0.25) is 0 Å². The maximum absolute atomic E-state index is 12.3. The smallest absolute Gasteiger partial charge is 0.224 e. The zero-order chi connectivity index (χ0) is 13.4. The summed E-state index contributed by atoms with van der Waals surface area (Å²) in [7, 11) is 4.10. The summed E-state index contributed by atoms with van der Waals surface area (Å²) in [5, 5.41) is 3.43. The van der Waals surface area contributed by atoms with Gasteiger partial charge in [0.05, 0.1) is 0 Å². The zero-order valence-electron chi connectivity index (χ0n) is 11.9. The standard InChI is InChI=1S/C13H27N3OS/c1-4-6-16(8-7-15(2)3)13(17)10-12-11-18-9-5-14-12/h12,14H,4-11H2,1-3H3. The first kappa shape index (κ1) is 15.8. The lowest BCUT2D eigenvalue weighted by atomic mass is 10.2. The van der Waals surface area contributed by atoms with E-state index in [-0.39, 0.29) is 0 Å². The van der Waals surface area contributed by atoms with Crippen molar-refractivity contribution >= 4 is 17.7 Å². The Morgan fingerprint density at radius 3 is 2.67 bits per heavy atom. The van der Waals surface area contributed by atoms with Gasteiger partial charge in [0, 0.05) is 50.1 Å². The third kappa shape index (κ3) is 6.07. The van der Waals surface area contributed by atoms with E-state index in [4.69, 9.17) is 0 Å². The summed E-state index contributed by atoms with van der Waals surface area (Å²) < 4.78 is 0. The molecule has 1 amide bonds. The molecule has 4 nitrogen and oxygen atoms in total. The van der Waals surface area contributed by atoms with Crippen molar-refractivity contribution in [2.45, 2.75) is 25.8 Å². The van der Waals surface area contributed by atoms with E-state index in [1.165, 1.54) is 5.75 Å². The fourth-order valence-corrected chi connectivity index (χ4v) is 2.99. The number of hydrogen-bond donors (Lipinski definition) is 1. The molecule has 5 heteroatoms. The van der Waals surface area contributed by atoms with Gasteiger partial charge in [-0.25, -0.2) is 0 Å². The van der Waals surface area contributed by atoms with Gasteiger partial charge in [0.1, 0.15) is 0 Å². The van der Waals surface area contributed by atoms with Gasteiger partial charge >= 0.3 is 0 Å². The van der Waals surface area contributed by atoms with Crippen molar-refractivity contribution in [3.05, 3.63) is 0 Å². The lowest BCUT2D eigenvalue weighted by molar-refractivity contribution is -0.131. The highest BCUT2D eigenvalue weighted by Gasteiger charge is 2.20. The first-order valence-electron chi connectivity index (χ1n) is 6.87. The zero-order valence-corrected chi connectivity index (χ0v) is 12.8. The van der Waals surface area contributed by atoms with E-state index in [1.54, 1.807) is 0 Å². The number of amides is 1. The molecule has 0 aromatic heterocycles. The third-order valence-electron chi connectivity index (χ3n) is 3.08. The molecule has 0 aliphatic carbocycles. The van der Waals surface area contributed by atoms with Crippen molar-refractivity contribution in [3.8, 4) is 0 Å². The second-order valence-corrected chi connectivity index (χ2v) is 6.26. The monoisotopic (exact) mass is 273 g/mol. The number of nitrogens with one attached hydrogen (secondary N) is 1. The lowest BCUT2D eigenvalue weighted by Crippen LogP contribution is -2.44. The molecule has 0 aromatic rings. The van der Waals surface area contributed by atoms with E-state index in [0.717, 1.165) is 38.4 Å². The normalized spacial score (nSPS) is 20.1. The van der Waals surface area contributed by atoms with Gasteiger partial charge in [-0.15, -0.1) is 0 Å². The topological polar surface area (TPSA) is 35.6 Å².